The Kier molecular flexibility index (Phi) is 5.89. The Morgan fingerprint density at radius 3 is 3.00 bits per heavy atom. The van der Waals surface area contributed by atoms with Gasteiger partial charge in [-0.15, -0.1) is 0 Å². The van der Waals surface area contributed by atoms with E-state index < -0.39 is 0 Å². The van der Waals surface area contributed by atoms with Crippen LogP contribution in [0.15, 0.2) is 16.5 Å². The number of rotatable bonds is 7. The second-order valence-corrected chi connectivity index (χ2v) is 5.07. The number of nitrogens with one attached hydrogen (secondary N) is 1. The van der Waals surface area contributed by atoms with Crippen LogP contribution in [-0.2, 0) is 16.1 Å². The van der Waals surface area contributed by atoms with E-state index in [1.807, 2.05) is 12.1 Å². The van der Waals surface area contributed by atoms with Crippen molar-refractivity contribution < 1.29 is 13.9 Å². The maximum Gasteiger partial charge on any atom is 0.129 e. The van der Waals surface area contributed by atoms with Crippen molar-refractivity contribution in [2.75, 3.05) is 20.3 Å². The van der Waals surface area contributed by atoms with Gasteiger partial charge in [-0.05, 0) is 44.4 Å². The second kappa shape index (κ2) is 7.68. The van der Waals surface area contributed by atoms with Gasteiger partial charge in [0.2, 0.25) is 0 Å². The van der Waals surface area contributed by atoms with Gasteiger partial charge >= 0.3 is 0 Å². The molecular formula is C15H25NO3. The molecule has 1 aliphatic rings. The standard InChI is InChI=1S/C15H25NO3/c1-3-9-16-15(13-6-4-5-10-18-13)14-8-7-12(19-14)11-17-2/h7-8,13,15-16H,3-6,9-11H2,1-2H3. The maximum atomic E-state index is 5.91. The summed E-state index contributed by atoms with van der Waals surface area (Å²) in [5.41, 5.74) is 0. The number of hydrogen-bond donors (Lipinski definition) is 1. The summed E-state index contributed by atoms with van der Waals surface area (Å²) in [7, 11) is 1.68. The molecule has 2 heterocycles. The largest absolute Gasteiger partial charge is 0.462 e. The van der Waals surface area contributed by atoms with Gasteiger partial charge in [-0.3, -0.25) is 0 Å². The molecule has 2 unspecified atom stereocenters. The molecule has 0 spiro atoms. The van der Waals surface area contributed by atoms with Crippen LogP contribution >= 0.6 is 0 Å². The minimum absolute atomic E-state index is 0.158. The number of methoxy groups -OCH3 is 1. The summed E-state index contributed by atoms with van der Waals surface area (Å²) in [5.74, 6) is 1.84. The van der Waals surface area contributed by atoms with Crippen molar-refractivity contribution in [1.29, 1.82) is 0 Å². The van der Waals surface area contributed by atoms with Crippen LogP contribution in [0, 0.1) is 0 Å². The normalized spacial score (nSPS) is 21.5. The van der Waals surface area contributed by atoms with Crippen LogP contribution < -0.4 is 5.32 Å². The molecule has 0 saturated carbocycles. The molecule has 0 amide bonds. The molecule has 1 aliphatic heterocycles. The van der Waals surface area contributed by atoms with E-state index >= 15 is 0 Å². The number of hydrogen-bond acceptors (Lipinski definition) is 4. The zero-order valence-electron chi connectivity index (χ0n) is 12.0. The summed E-state index contributed by atoms with van der Waals surface area (Å²) in [6, 6.07) is 4.19. The van der Waals surface area contributed by atoms with E-state index in [1.165, 1.54) is 12.8 Å². The zero-order chi connectivity index (χ0) is 13.5. The molecule has 0 radical (unpaired) electrons. The summed E-state index contributed by atoms with van der Waals surface area (Å²) in [5, 5.41) is 3.55. The quantitative estimate of drug-likeness (QED) is 0.824. The molecule has 1 N–H and O–H groups in total. The van der Waals surface area contributed by atoms with Gasteiger partial charge in [-0.1, -0.05) is 6.92 Å². The molecule has 0 aromatic carbocycles. The van der Waals surface area contributed by atoms with Crippen LogP contribution in [0.1, 0.15) is 50.2 Å². The topological polar surface area (TPSA) is 43.6 Å². The summed E-state index contributed by atoms with van der Waals surface area (Å²) < 4.78 is 16.9. The van der Waals surface area contributed by atoms with Gasteiger partial charge in [0.1, 0.15) is 18.1 Å². The molecule has 19 heavy (non-hydrogen) atoms. The summed E-state index contributed by atoms with van der Waals surface area (Å²) in [6.07, 6.45) is 4.84. The van der Waals surface area contributed by atoms with Crippen molar-refractivity contribution in [2.45, 2.75) is 51.4 Å². The molecule has 1 aromatic rings. The highest BCUT2D eigenvalue weighted by Gasteiger charge is 2.27. The fourth-order valence-electron chi connectivity index (χ4n) is 2.53. The lowest BCUT2D eigenvalue weighted by atomic mass is 10.00. The summed E-state index contributed by atoms with van der Waals surface area (Å²) >= 11 is 0. The van der Waals surface area contributed by atoms with Crippen molar-refractivity contribution in [3.8, 4) is 0 Å². The van der Waals surface area contributed by atoms with Crippen molar-refractivity contribution in [1.82, 2.24) is 5.32 Å². The molecule has 4 nitrogen and oxygen atoms in total. The predicted molar refractivity (Wildman–Crippen MR) is 74.0 cm³/mol. The Labute approximate surface area is 115 Å². The van der Waals surface area contributed by atoms with Gasteiger partial charge in [0.15, 0.2) is 0 Å². The maximum absolute atomic E-state index is 5.91. The van der Waals surface area contributed by atoms with Crippen LogP contribution in [0.3, 0.4) is 0 Å². The van der Waals surface area contributed by atoms with E-state index in [4.69, 9.17) is 13.9 Å². The monoisotopic (exact) mass is 267 g/mol. The molecule has 2 atom stereocenters. The number of ether oxygens (including phenoxy) is 2. The van der Waals surface area contributed by atoms with Crippen LogP contribution in [0.25, 0.3) is 0 Å². The van der Waals surface area contributed by atoms with Crippen LogP contribution in [0.5, 0.6) is 0 Å². The Morgan fingerprint density at radius 2 is 2.32 bits per heavy atom. The number of furan rings is 1. The lowest BCUT2D eigenvalue weighted by Crippen LogP contribution is -2.36. The summed E-state index contributed by atoms with van der Waals surface area (Å²) in [6.45, 7) is 4.53. The Hall–Kier alpha value is -0.840. The fraction of sp³-hybridized carbons (Fsp3) is 0.733. The smallest absolute Gasteiger partial charge is 0.129 e. The first-order valence-corrected chi connectivity index (χ1v) is 7.27. The van der Waals surface area contributed by atoms with E-state index in [-0.39, 0.29) is 12.1 Å². The predicted octanol–water partition coefficient (Wildman–Crippen LogP) is 3.04. The first-order chi connectivity index (χ1) is 9.35. The zero-order valence-corrected chi connectivity index (χ0v) is 12.0. The fourth-order valence-corrected chi connectivity index (χ4v) is 2.53. The highest BCUT2D eigenvalue weighted by molar-refractivity contribution is 5.12. The van der Waals surface area contributed by atoms with Crippen LogP contribution in [-0.4, -0.2) is 26.4 Å². The highest BCUT2D eigenvalue weighted by Crippen LogP contribution is 2.28. The van der Waals surface area contributed by atoms with Gasteiger partial charge in [-0.25, -0.2) is 0 Å². The lowest BCUT2D eigenvalue weighted by molar-refractivity contribution is -0.0130. The first-order valence-electron chi connectivity index (χ1n) is 7.27. The highest BCUT2D eigenvalue weighted by atomic mass is 16.5. The molecular weight excluding hydrogens is 242 g/mol. The lowest BCUT2D eigenvalue weighted by Gasteiger charge is -2.30. The third kappa shape index (κ3) is 4.06. The van der Waals surface area contributed by atoms with Crippen molar-refractivity contribution in [2.24, 2.45) is 0 Å². The molecule has 2 rings (SSSR count). The van der Waals surface area contributed by atoms with E-state index in [2.05, 4.69) is 12.2 Å². The summed E-state index contributed by atoms with van der Waals surface area (Å²) in [4.78, 5) is 0. The molecule has 0 bridgehead atoms. The minimum atomic E-state index is 0.158. The van der Waals surface area contributed by atoms with E-state index in [1.54, 1.807) is 7.11 Å². The molecule has 1 fully saturated rings. The van der Waals surface area contributed by atoms with Crippen molar-refractivity contribution >= 4 is 0 Å². The van der Waals surface area contributed by atoms with Gasteiger partial charge in [0, 0.05) is 13.7 Å². The van der Waals surface area contributed by atoms with Gasteiger partial charge < -0.3 is 19.2 Å². The molecule has 1 aromatic heterocycles. The Balaban J connectivity index is 2.05. The average molecular weight is 267 g/mol. The van der Waals surface area contributed by atoms with Crippen LogP contribution in [0.4, 0.5) is 0 Å². The molecule has 108 valence electrons. The third-order valence-corrected chi connectivity index (χ3v) is 3.48. The van der Waals surface area contributed by atoms with Gasteiger partial charge in [-0.2, -0.15) is 0 Å². The van der Waals surface area contributed by atoms with Crippen LogP contribution in [0.2, 0.25) is 0 Å². The molecule has 0 aliphatic carbocycles. The SMILES string of the molecule is CCCNC(c1ccc(COC)o1)C1CCCCO1. The average Bonchev–Trinajstić information content (AvgIpc) is 2.89. The van der Waals surface area contributed by atoms with Gasteiger partial charge in [0.05, 0.1) is 12.1 Å². The Morgan fingerprint density at radius 1 is 1.42 bits per heavy atom. The van der Waals surface area contributed by atoms with Gasteiger partial charge in [0.25, 0.3) is 0 Å². The first kappa shape index (κ1) is 14.6. The van der Waals surface area contributed by atoms with E-state index in [0.717, 1.165) is 37.5 Å². The molecule has 4 heteroatoms. The molecule has 1 saturated heterocycles. The Bertz CT molecular complexity index is 358. The van der Waals surface area contributed by atoms with E-state index in [0.29, 0.717) is 6.61 Å². The van der Waals surface area contributed by atoms with E-state index in [9.17, 15) is 0 Å². The second-order valence-electron chi connectivity index (χ2n) is 5.07. The van der Waals surface area contributed by atoms with Crippen molar-refractivity contribution in [3.63, 3.8) is 0 Å². The van der Waals surface area contributed by atoms with Crippen molar-refractivity contribution in [3.05, 3.63) is 23.7 Å². The third-order valence-electron chi connectivity index (χ3n) is 3.48. The minimum Gasteiger partial charge on any atom is -0.462 e.